The molecule has 1 fully saturated rings. The summed E-state index contributed by atoms with van der Waals surface area (Å²) in [4.78, 5) is 0. The average molecular weight is 295 g/mol. The zero-order valence-corrected chi connectivity index (χ0v) is 13.2. The molecule has 2 atom stereocenters. The molecule has 118 valence electrons. The van der Waals surface area contributed by atoms with Crippen LogP contribution in [0.5, 0.6) is 5.75 Å². The fourth-order valence-corrected chi connectivity index (χ4v) is 3.18. The van der Waals surface area contributed by atoms with Crippen molar-refractivity contribution < 1.29 is 14.2 Å². The molecule has 4 heteroatoms. The number of benzene rings is 1. The summed E-state index contributed by atoms with van der Waals surface area (Å²) < 4.78 is 19.5. The molecule has 0 radical (unpaired) electrons. The van der Waals surface area contributed by atoms with Crippen LogP contribution in [-0.4, -0.2) is 29.4 Å². The molecule has 1 aliphatic rings. The van der Waals surface area contributed by atoms with Gasteiger partial charge in [-0.3, -0.25) is 0 Å². The van der Waals surface area contributed by atoms with Crippen molar-refractivity contribution in [1.82, 2.24) is 5.32 Å². The van der Waals surface area contributed by atoms with Gasteiger partial charge in [0.2, 0.25) is 0 Å². The van der Waals surface area contributed by atoms with E-state index >= 15 is 0 Å². The first-order chi connectivity index (χ1) is 9.94. The zero-order valence-electron chi connectivity index (χ0n) is 13.2. The van der Waals surface area contributed by atoms with E-state index in [1.807, 2.05) is 6.07 Å². The summed E-state index contributed by atoms with van der Waals surface area (Å²) in [7, 11) is 0. The number of ether oxygens (including phenoxy) is 1. The van der Waals surface area contributed by atoms with Crippen LogP contribution in [0.2, 0.25) is 0 Å². The summed E-state index contributed by atoms with van der Waals surface area (Å²) in [6.07, 6.45) is 3.65. The Balaban J connectivity index is 2.04. The van der Waals surface area contributed by atoms with Gasteiger partial charge in [-0.15, -0.1) is 0 Å². The van der Waals surface area contributed by atoms with Crippen molar-refractivity contribution in [3.05, 3.63) is 29.6 Å². The minimum atomic E-state index is -0.277. The minimum absolute atomic E-state index is 0.0132. The number of aryl methyl sites for hydroxylation is 1. The van der Waals surface area contributed by atoms with Crippen molar-refractivity contribution in [2.75, 3.05) is 6.61 Å². The van der Waals surface area contributed by atoms with Crippen molar-refractivity contribution in [3.8, 4) is 5.75 Å². The number of hydrogen-bond donors (Lipinski definition) is 2. The molecule has 0 aromatic heterocycles. The highest BCUT2D eigenvalue weighted by Crippen LogP contribution is 2.31. The molecule has 3 nitrogen and oxygen atoms in total. The van der Waals surface area contributed by atoms with Gasteiger partial charge in [-0.1, -0.05) is 19.9 Å². The molecule has 0 spiro atoms. The summed E-state index contributed by atoms with van der Waals surface area (Å²) in [5.41, 5.74) is 0.345. The zero-order chi connectivity index (χ0) is 15.5. The number of rotatable bonds is 5. The van der Waals surface area contributed by atoms with E-state index in [9.17, 15) is 9.50 Å². The number of aliphatic hydroxyl groups excluding tert-OH is 1. The Morgan fingerprint density at radius 3 is 2.86 bits per heavy atom. The Hall–Kier alpha value is -1.13. The van der Waals surface area contributed by atoms with E-state index in [0.717, 1.165) is 25.7 Å². The van der Waals surface area contributed by atoms with Gasteiger partial charge in [-0.2, -0.15) is 0 Å². The normalized spacial score (nSPS) is 26.1. The van der Waals surface area contributed by atoms with Crippen LogP contribution in [0.25, 0.3) is 0 Å². The second kappa shape index (κ2) is 6.75. The van der Waals surface area contributed by atoms with Gasteiger partial charge in [0.15, 0.2) is 0 Å². The molecule has 1 aliphatic carbocycles. The van der Waals surface area contributed by atoms with Gasteiger partial charge in [-0.05, 0) is 37.8 Å². The van der Waals surface area contributed by atoms with E-state index < -0.39 is 0 Å². The second-order valence-corrected chi connectivity index (χ2v) is 6.48. The molecule has 0 aliphatic heterocycles. The number of aliphatic hydroxyl groups is 1. The van der Waals surface area contributed by atoms with Crippen LogP contribution in [0.4, 0.5) is 4.39 Å². The Kier molecular flexibility index (Phi) is 5.22. The first-order valence-electron chi connectivity index (χ1n) is 7.75. The predicted molar refractivity (Wildman–Crippen MR) is 82.1 cm³/mol. The maximum atomic E-state index is 13.6. The molecular formula is C17H26FNO2. The van der Waals surface area contributed by atoms with E-state index in [1.54, 1.807) is 13.0 Å². The molecule has 2 N–H and O–H groups in total. The van der Waals surface area contributed by atoms with Crippen LogP contribution in [-0.2, 0) is 0 Å². The van der Waals surface area contributed by atoms with Crippen LogP contribution in [0.3, 0.4) is 0 Å². The van der Waals surface area contributed by atoms with E-state index in [-0.39, 0.29) is 24.1 Å². The third-order valence-corrected chi connectivity index (χ3v) is 4.14. The predicted octanol–water partition coefficient (Wildman–Crippen LogP) is 3.18. The molecular weight excluding hydrogens is 269 g/mol. The van der Waals surface area contributed by atoms with Crippen LogP contribution in [0.1, 0.15) is 45.1 Å². The summed E-state index contributed by atoms with van der Waals surface area (Å²) >= 11 is 0. The highest BCUT2D eigenvalue weighted by Gasteiger charge is 2.37. The molecule has 2 rings (SSSR count). The van der Waals surface area contributed by atoms with Crippen molar-refractivity contribution in [3.63, 3.8) is 0 Å². The molecule has 0 heterocycles. The summed E-state index contributed by atoms with van der Waals surface area (Å²) in [6.45, 7) is 6.00. The lowest BCUT2D eigenvalue weighted by Gasteiger charge is -2.41. The smallest absolute Gasteiger partial charge is 0.129 e. The summed E-state index contributed by atoms with van der Waals surface area (Å²) in [5, 5.41) is 13.3. The first-order valence-corrected chi connectivity index (χ1v) is 7.75. The Morgan fingerprint density at radius 1 is 1.48 bits per heavy atom. The van der Waals surface area contributed by atoms with Gasteiger partial charge in [0.05, 0.1) is 6.61 Å². The van der Waals surface area contributed by atoms with E-state index in [0.29, 0.717) is 17.4 Å². The lowest BCUT2D eigenvalue weighted by molar-refractivity contribution is 0.0460. The van der Waals surface area contributed by atoms with Crippen LogP contribution < -0.4 is 10.1 Å². The topological polar surface area (TPSA) is 41.5 Å². The molecule has 21 heavy (non-hydrogen) atoms. The lowest BCUT2D eigenvalue weighted by Crippen LogP contribution is -2.55. The van der Waals surface area contributed by atoms with Gasteiger partial charge in [0, 0.05) is 24.1 Å². The highest BCUT2D eigenvalue weighted by molar-refractivity contribution is 5.28. The van der Waals surface area contributed by atoms with Crippen LogP contribution in [0.15, 0.2) is 18.2 Å². The third-order valence-electron chi connectivity index (χ3n) is 4.14. The van der Waals surface area contributed by atoms with Crippen molar-refractivity contribution in [2.45, 2.75) is 64.1 Å². The molecule has 0 amide bonds. The Morgan fingerprint density at radius 2 is 2.24 bits per heavy atom. The first kappa shape index (κ1) is 16.2. The van der Waals surface area contributed by atoms with Crippen LogP contribution >= 0.6 is 0 Å². The van der Waals surface area contributed by atoms with E-state index in [2.05, 4.69) is 19.2 Å². The molecule has 0 saturated heterocycles. The van der Waals surface area contributed by atoms with Crippen molar-refractivity contribution >= 4 is 0 Å². The summed E-state index contributed by atoms with van der Waals surface area (Å²) in [5.74, 6) is 0.332. The molecule has 2 unspecified atom stereocenters. The number of nitrogens with one attached hydrogen (secondary N) is 1. The van der Waals surface area contributed by atoms with Gasteiger partial charge >= 0.3 is 0 Å². The average Bonchev–Trinajstić information content (AvgIpc) is 2.42. The van der Waals surface area contributed by atoms with Gasteiger partial charge < -0.3 is 15.2 Å². The van der Waals surface area contributed by atoms with Gasteiger partial charge in [-0.25, -0.2) is 4.39 Å². The monoisotopic (exact) mass is 295 g/mol. The van der Waals surface area contributed by atoms with Crippen LogP contribution in [0, 0.1) is 12.7 Å². The van der Waals surface area contributed by atoms with E-state index in [1.165, 1.54) is 6.07 Å². The SMILES string of the molecule is Cc1ccc(OC2CCCC(CO)(NC(C)C)C2)cc1F. The Labute approximate surface area is 126 Å². The van der Waals surface area contributed by atoms with Gasteiger partial charge in [0.1, 0.15) is 17.7 Å². The van der Waals surface area contributed by atoms with E-state index in [4.69, 9.17) is 4.74 Å². The number of hydrogen-bond acceptors (Lipinski definition) is 3. The fraction of sp³-hybridized carbons (Fsp3) is 0.647. The fourth-order valence-electron chi connectivity index (χ4n) is 3.18. The quantitative estimate of drug-likeness (QED) is 0.876. The maximum absolute atomic E-state index is 13.6. The summed E-state index contributed by atoms with van der Waals surface area (Å²) in [6, 6.07) is 5.30. The maximum Gasteiger partial charge on any atom is 0.129 e. The van der Waals surface area contributed by atoms with Crippen molar-refractivity contribution in [2.24, 2.45) is 0 Å². The molecule has 1 aromatic carbocycles. The molecule has 0 bridgehead atoms. The minimum Gasteiger partial charge on any atom is -0.490 e. The largest absolute Gasteiger partial charge is 0.490 e. The standard InChI is InChI=1S/C17H26FNO2/c1-12(2)19-17(11-20)8-4-5-15(10-17)21-14-7-6-13(3)16(18)9-14/h6-7,9,12,15,19-20H,4-5,8,10-11H2,1-3H3. The lowest BCUT2D eigenvalue weighted by atomic mass is 9.80. The molecule has 1 aromatic rings. The molecule has 1 saturated carbocycles. The van der Waals surface area contributed by atoms with Gasteiger partial charge in [0.25, 0.3) is 0 Å². The third kappa shape index (κ3) is 4.17. The van der Waals surface area contributed by atoms with Crippen molar-refractivity contribution in [1.29, 1.82) is 0 Å². The highest BCUT2D eigenvalue weighted by atomic mass is 19.1. The second-order valence-electron chi connectivity index (χ2n) is 6.48. The number of halogens is 1. The Bertz CT molecular complexity index is 478.